The summed E-state index contributed by atoms with van der Waals surface area (Å²) in [6.45, 7) is 12.9. The molecule has 1 aliphatic heterocycles. The fraction of sp³-hybridized carbons (Fsp3) is 0.500. The number of nitrogens with one attached hydrogen (secondary N) is 1. The fourth-order valence-corrected chi connectivity index (χ4v) is 3.89. The van der Waals surface area contributed by atoms with Crippen LogP contribution >= 0.6 is 0 Å². The molecule has 0 aliphatic carbocycles. The van der Waals surface area contributed by atoms with E-state index in [-0.39, 0.29) is 11.5 Å². The Kier molecular flexibility index (Phi) is 6.19. The van der Waals surface area contributed by atoms with E-state index in [1.54, 1.807) is 7.11 Å². The zero-order valence-corrected chi connectivity index (χ0v) is 18.0. The first kappa shape index (κ1) is 20.5. The average Bonchev–Trinajstić information content (AvgIpc) is 2.67. The van der Waals surface area contributed by atoms with Gasteiger partial charge in [-0.05, 0) is 72.2 Å². The summed E-state index contributed by atoms with van der Waals surface area (Å²) < 4.78 is 17.3. The van der Waals surface area contributed by atoms with E-state index in [1.165, 1.54) is 22.3 Å². The van der Waals surface area contributed by atoms with Crippen LogP contribution in [0.25, 0.3) is 0 Å². The van der Waals surface area contributed by atoms with Gasteiger partial charge in [-0.1, -0.05) is 26.8 Å². The van der Waals surface area contributed by atoms with Crippen LogP contribution in [-0.2, 0) is 11.8 Å². The molecule has 4 heteroatoms. The molecule has 1 aliphatic rings. The van der Waals surface area contributed by atoms with Gasteiger partial charge in [-0.15, -0.1) is 0 Å². The van der Waals surface area contributed by atoms with Crippen molar-refractivity contribution in [3.8, 4) is 17.2 Å². The highest BCUT2D eigenvalue weighted by Gasteiger charge is 2.27. The Balaban J connectivity index is 2.08. The van der Waals surface area contributed by atoms with E-state index in [2.05, 4.69) is 56.4 Å². The van der Waals surface area contributed by atoms with E-state index >= 15 is 0 Å². The first-order valence-corrected chi connectivity index (χ1v) is 10.2. The van der Waals surface area contributed by atoms with Gasteiger partial charge in [0, 0.05) is 6.54 Å². The molecule has 0 saturated heterocycles. The zero-order chi connectivity index (χ0) is 20.3. The maximum atomic E-state index is 5.88. The molecule has 0 bridgehead atoms. The highest BCUT2D eigenvalue weighted by atomic mass is 16.5. The van der Waals surface area contributed by atoms with Crippen LogP contribution in [0.3, 0.4) is 0 Å². The van der Waals surface area contributed by atoms with E-state index in [9.17, 15) is 0 Å². The quantitative estimate of drug-likeness (QED) is 0.760. The van der Waals surface area contributed by atoms with Crippen molar-refractivity contribution in [3.05, 3.63) is 52.6 Å². The number of hydrogen-bond donors (Lipinski definition) is 1. The van der Waals surface area contributed by atoms with Gasteiger partial charge in [0.05, 0.1) is 26.4 Å². The van der Waals surface area contributed by atoms with E-state index in [0.29, 0.717) is 13.2 Å². The van der Waals surface area contributed by atoms with Crippen molar-refractivity contribution in [1.82, 2.24) is 5.32 Å². The van der Waals surface area contributed by atoms with Gasteiger partial charge in [-0.3, -0.25) is 0 Å². The third-order valence-corrected chi connectivity index (χ3v) is 5.22. The highest BCUT2D eigenvalue weighted by molar-refractivity contribution is 5.53. The predicted octanol–water partition coefficient (Wildman–Crippen LogP) is 5.03. The third kappa shape index (κ3) is 4.12. The second-order valence-electron chi connectivity index (χ2n) is 8.21. The van der Waals surface area contributed by atoms with Gasteiger partial charge in [-0.2, -0.15) is 0 Å². The molecule has 2 aromatic carbocycles. The Morgan fingerprint density at radius 3 is 2.25 bits per heavy atom. The van der Waals surface area contributed by atoms with Crippen molar-refractivity contribution in [2.24, 2.45) is 0 Å². The van der Waals surface area contributed by atoms with Crippen molar-refractivity contribution in [2.45, 2.75) is 52.5 Å². The minimum Gasteiger partial charge on any atom is -0.496 e. The highest BCUT2D eigenvalue weighted by Crippen LogP contribution is 2.40. The standard InChI is InChI=1S/C24H33NO3/c1-7-27-21-14-16-11-12-25-23(18(16)15-22(21)28-8-2)17-9-10-20(26-6)19(13-17)24(3,4)5/h9-10,13-15,23,25H,7-8,11-12H2,1-6H3. The molecule has 1 unspecified atom stereocenters. The SMILES string of the molecule is CCOc1cc2c(cc1OCC)C(c1ccc(OC)c(C(C)(C)C)c1)NCC2. The van der Waals surface area contributed by atoms with E-state index in [1.807, 2.05) is 13.8 Å². The van der Waals surface area contributed by atoms with Gasteiger partial charge < -0.3 is 19.5 Å². The van der Waals surface area contributed by atoms with Gasteiger partial charge in [-0.25, -0.2) is 0 Å². The molecule has 28 heavy (non-hydrogen) atoms. The summed E-state index contributed by atoms with van der Waals surface area (Å²) in [5, 5.41) is 3.69. The smallest absolute Gasteiger partial charge is 0.161 e. The number of ether oxygens (including phenoxy) is 3. The lowest BCUT2D eigenvalue weighted by atomic mass is 9.82. The summed E-state index contributed by atoms with van der Waals surface area (Å²) in [6, 6.07) is 11.0. The number of rotatable bonds is 6. The Morgan fingerprint density at radius 2 is 1.64 bits per heavy atom. The van der Waals surface area contributed by atoms with Crippen molar-refractivity contribution in [3.63, 3.8) is 0 Å². The Bertz CT molecular complexity index is 823. The Hall–Kier alpha value is -2.20. The maximum Gasteiger partial charge on any atom is 0.161 e. The Labute approximate surface area is 169 Å². The molecule has 0 fully saturated rings. The molecule has 3 rings (SSSR count). The van der Waals surface area contributed by atoms with Gasteiger partial charge in [0.2, 0.25) is 0 Å². The van der Waals surface area contributed by atoms with Crippen LogP contribution < -0.4 is 19.5 Å². The Morgan fingerprint density at radius 1 is 0.964 bits per heavy atom. The van der Waals surface area contributed by atoms with E-state index < -0.39 is 0 Å². The minimum atomic E-state index is 0.00809. The van der Waals surface area contributed by atoms with Crippen LogP contribution in [-0.4, -0.2) is 26.9 Å². The van der Waals surface area contributed by atoms with Crippen LogP contribution in [0.2, 0.25) is 0 Å². The van der Waals surface area contributed by atoms with Crippen LogP contribution in [0.4, 0.5) is 0 Å². The first-order valence-electron chi connectivity index (χ1n) is 10.2. The van der Waals surface area contributed by atoms with Gasteiger partial charge in [0.15, 0.2) is 11.5 Å². The molecule has 2 aromatic rings. The molecule has 4 nitrogen and oxygen atoms in total. The maximum absolute atomic E-state index is 5.88. The molecule has 0 saturated carbocycles. The van der Waals surface area contributed by atoms with Gasteiger partial charge in [0.1, 0.15) is 5.75 Å². The van der Waals surface area contributed by atoms with E-state index in [0.717, 1.165) is 30.2 Å². The van der Waals surface area contributed by atoms with Gasteiger partial charge in [0.25, 0.3) is 0 Å². The van der Waals surface area contributed by atoms with Crippen LogP contribution in [0.15, 0.2) is 30.3 Å². The van der Waals surface area contributed by atoms with Crippen molar-refractivity contribution in [2.75, 3.05) is 26.9 Å². The van der Waals surface area contributed by atoms with Gasteiger partial charge >= 0.3 is 0 Å². The minimum absolute atomic E-state index is 0.00809. The monoisotopic (exact) mass is 383 g/mol. The van der Waals surface area contributed by atoms with Crippen molar-refractivity contribution < 1.29 is 14.2 Å². The average molecular weight is 384 g/mol. The normalized spacial score (nSPS) is 16.4. The topological polar surface area (TPSA) is 39.7 Å². The first-order chi connectivity index (χ1) is 13.4. The zero-order valence-electron chi connectivity index (χ0n) is 18.0. The lowest BCUT2D eigenvalue weighted by Crippen LogP contribution is -2.31. The largest absolute Gasteiger partial charge is 0.496 e. The molecule has 1 atom stereocenters. The summed E-state index contributed by atoms with van der Waals surface area (Å²) in [5.41, 5.74) is 5.07. The number of methoxy groups -OCH3 is 1. The van der Waals surface area contributed by atoms with Crippen LogP contribution in [0, 0.1) is 0 Å². The molecule has 152 valence electrons. The number of fused-ring (bicyclic) bond motifs is 1. The molecule has 0 amide bonds. The van der Waals surface area contributed by atoms with Crippen molar-refractivity contribution in [1.29, 1.82) is 0 Å². The predicted molar refractivity (Wildman–Crippen MR) is 114 cm³/mol. The molecular weight excluding hydrogens is 350 g/mol. The van der Waals surface area contributed by atoms with E-state index in [4.69, 9.17) is 14.2 Å². The molecule has 0 radical (unpaired) electrons. The third-order valence-electron chi connectivity index (χ3n) is 5.22. The van der Waals surface area contributed by atoms with Crippen LogP contribution in [0.5, 0.6) is 17.2 Å². The molecule has 1 N–H and O–H groups in total. The summed E-state index contributed by atoms with van der Waals surface area (Å²) >= 11 is 0. The summed E-state index contributed by atoms with van der Waals surface area (Å²) in [5.74, 6) is 2.60. The molecule has 0 aromatic heterocycles. The van der Waals surface area contributed by atoms with Crippen molar-refractivity contribution >= 4 is 0 Å². The number of benzene rings is 2. The second-order valence-corrected chi connectivity index (χ2v) is 8.21. The lowest BCUT2D eigenvalue weighted by molar-refractivity contribution is 0.286. The lowest BCUT2D eigenvalue weighted by Gasteiger charge is -2.30. The summed E-state index contributed by atoms with van der Waals surface area (Å²) in [6.07, 6.45) is 0.987. The number of hydrogen-bond acceptors (Lipinski definition) is 4. The summed E-state index contributed by atoms with van der Waals surface area (Å²) in [7, 11) is 1.74. The summed E-state index contributed by atoms with van der Waals surface area (Å²) in [4.78, 5) is 0. The molecule has 0 spiro atoms. The molecule has 1 heterocycles. The second kappa shape index (κ2) is 8.44. The molecular formula is C24H33NO3. The fourth-order valence-electron chi connectivity index (χ4n) is 3.89. The van der Waals surface area contributed by atoms with Crippen LogP contribution in [0.1, 0.15) is 62.9 Å².